The minimum Gasteiger partial charge on any atom is -0.381 e. The molecule has 9 rings (SSSR count). The lowest BCUT2D eigenvalue weighted by Gasteiger charge is -2.17. The van der Waals surface area contributed by atoms with Crippen molar-refractivity contribution in [3.8, 4) is 56.2 Å². The van der Waals surface area contributed by atoms with Crippen LogP contribution in [0.3, 0.4) is 0 Å². The molecule has 3 nitrogen and oxygen atoms in total. The Kier molecular flexibility index (Phi) is 11.2. The zero-order chi connectivity index (χ0) is 39.8. The molecule has 0 aliphatic carbocycles. The minimum atomic E-state index is 0.165. The summed E-state index contributed by atoms with van der Waals surface area (Å²) in [5, 5.41) is 5.74. The van der Waals surface area contributed by atoms with Crippen molar-refractivity contribution in [3.63, 3.8) is 0 Å². The highest BCUT2D eigenvalue weighted by Gasteiger charge is 2.17. The third-order valence-corrected chi connectivity index (χ3v) is 11.7. The first kappa shape index (κ1) is 37.6. The number of aromatic nitrogens is 2. The van der Waals surface area contributed by atoms with Crippen LogP contribution in [0.2, 0.25) is 0 Å². The third kappa shape index (κ3) is 8.36. The van der Waals surface area contributed by atoms with Crippen molar-refractivity contribution in [1.29, 1.82) is 0 Å². The number of benzene rings is 6. The van der Waals surface area contributed by atoms with Gasteiger partial charge in [-0.3, -0.25) is 0 Å². The van der Waals surface area contributed by atoms with E-state index in [0.717, 1.165) is 57.2 Å². The molecule has 2 aliphatic rings. The van der Waals surface area contributed by atoms with Gasteiger partial charge in [-0.15, -0.1) is 0 Å². The summed E-state index contributed by atoms with van der Waals surface area (Å²) < 4.78 is 0. The van der Waals surface area contributed by atoms with Gasteiger partial charge in [0.05, 0.1) is 11.4 Å². The third-order valence-electron chi connectivity index (χ3n) is 10.8. The van der Waals surface area contributed by atoms with Crippen molar-refractivity contribution in [2.24, 2.45) is 5.92 Å². The van der Waals surface area contributed by atoms with E-state index in [-0.39, 0.29) is 5.92 Å². The molecule has 0 saturated carbocycles. The lowest BCUT2D eigenvalue weighted by Crippen LogP contribution is -2.05. The van der Waals surface area contributed by atoms with Gasteiger partial charge in [0.15, 0.2) is 5.82 Å². The molecule has 0 spiro atoms. The Morgan fingerprint density at radius 3 is 2.15 bits per heavy atom. The van der Waals surface area contributed by atoms with Gasteiger partial charge in [-0.2, -0.15) is 0 Å². The van der Waals surface area contributed by atoms with Crippen LogP contribution in [0.5, 0.6) is 0 Å². The van der Waals surface area contributed by atoms with Gasteiger partial charge in [-0.1, -0.05) is 206 Å². The Morgan fingerprint density at radius 2 is 1.36 bits per heavy atom. The summed E-state index contributed by atoms with van der Waals surface area (Å²) in [5.41, 5.74) is 15.5. The van der Waals surface area contributed by atoms with Crippen molar-refractivity contribution in [2.45, 2.75) is 11.3 Å². The number of allylic oxidation sites excluding steroid dienone is 7. The second-order valence-electron chi connectivity index (χ2n) is 14.5. The quantitative estimate of drug-likeness (QED) is 0.164. The molecule has 1 aromatic heterocycles. The molecule has 7 aromatic rings. The second-order valence-corrected chi connectivity index (χ2v) is 15.5. The molecule has 1 atom stereocenters. The predicted molar refractivity (Wildman–Crippen MR) is 253 cm³/mol. The van der Waals surface area contributed by atoms with E-state index in [4.69, 9.17) is 9.97 Å². The number of anilines is 1. The highest BCUT2D eigenvalue weighted by Crippen LogP contribution is 2.42. The van der Waals surface area contributed by atoms with Crippen LogP contribution in [0.15, 0.2) is 211 Å². The van der Waals surface area contributed by atoms with E-state index < -0.39 is 0 Å². The van der Waals surface area contributed by atoms with Gasteiger partial charge in [0.2, 0.25) is 0 Å². The number of fused-ring (bicyclic) bond motifs is 6. The zero-order valence-corrected chi connectivity index (χ0v) is 33.5. The molecule has 2 aliphatic heterocycles. The average Bonchev–Trinajstić information content (AvgIpc) is 3.31. The molecule has 0 saturated heterocycles. The van der Waals surface area contributed by atoms with Crippen molar-refractivity contribution in [2.75, 3.05) is 11.9 Å². The molecule has 0 amide bonds. The van der Waals surface area contributed by atoms with Crippen LogP contribution < -0.4 is 5.32 Å². The van der Waals surface area contributed by atoms with E-state index in [2.05, 4.69) is 193 Å². The number of rotatable bonds is 7. The van der Waals surface area contributed by atoms with Crippen molar-refractivity contribution in [3.05, 3.63) is 223 Å². The maximum Gasteiger partial charge on any atom is 0.160 e. The molecule has 0 bridgehead atoms. The maximum absolute atomic E-state index is 5.17. The van der Waals surface area contributed by atoms with Gasteiger partial charge >= 0.3 is 0 Å². The highest BCUT2D eigenvalue weighted by atomic mass is 32.2. The summed E-state index contributed by atoms with van der Waals surface area (Å²) in [6.07, 6.45) is 20.7. The van der Waals surface area contributed by atoms with Crippen molar-refractivity contribution < 1.29 is 0 Å². The van der Waals surface area contributed by atoms with Crippen molar-refractivity contribution >= 4 is 35.2 Å². The van der Waals surface area contributed by atoms with Crippen LogP contribution in [0.25, 0.3) is 73.9 Å². The van der Waals surface area contributed by atoms with Gasteiger partial charge < -0.3 is 5.32 Å². The van der Waals surface area contributed by atoms with Crippen LogP contribution in [-0.2, 0) is 0 Å². The fourth-order valence-corrected chi connectivity index (χ4v) is 8.69. The molecule has 6 aromatic carbocycles. The number of nitrogens with one attached hydrogen (secondary N) is 1. The molecule has 59 heavy (non-hydrogen) atoms. The van der Waals surface area contributed by atoms with Crippen LogP contribution in [0.1, 0.15) is 23.1 Å². The lowest BCUT2D eigenvalue weighted by molar-refractivity contribution is 0.836. The summed E-state index contributed by atoms with van der Waals surface area (Å²) in [5.74, 6) is 0.870. The van der Waals surface area contributed by atoms with Crippen LogP contribution >= 0.6 is 11.8 Å². The SMILES string of the molecule is C=C/C(=C\C=C\C1/C=C/Sc2cc(-c3cc(-c4ccccc4)nc(-c4ccccc4)n3)ccc2-c2ccccc2-c2ccccc2/C=C/C1)c1cccc2c1C=CCN2. The second kappa shape index (κ2) is 17.6. The summed E-state index contributed by atoms with van der Waals surface area (Å²) in [4.78, 5) is 11.4. The molecule has 1 N–H and O–H groups in total. The zero-order valence-electron chi connectivity index (χ0n) is 32.7. The monoisotopic (exact) mass is 777 g/mol. The Balaban J connectivity index is 1.13. The smallest absolute Gasteiger partial charge is 0.160 e. The highest BCUT2D eigenvalue weighted by molar-refractivity contribution is 8.02. The molecular formula is C55H43N3S. The molecular weight excluding hydrogens is 735 g/mol. The van der Waals surface area contributed by atoms with E-state index in [1.165, 1.54) is 38.9 Å². The fourth-order valence-electron chi connectivity index (χ4n) is 7.76. The number of hydrogen-bond acceptors (Lipinski definition) is 4. The van der Waals surface area contributed by atoms with E-state index in [1.807, 2.05) is 30.3 Å². The first-order valence-electron chi connectivity index (χ1n) is 20.1. The molecule has 0 radical (unpaired) electrons. The van der Waals surface area contributed by atoms with Crippen LogP contribution in [0, 0.1) is 5.92 Å². The number of thioether (sulfide) groups is 1. The Hall–Kier alpha value is -7.01. The van der Waals surface area contributed by atoms with Gasteiger partial charge in [0, 0.05) is 39.4 Å². The van der Waals surface area contributed by atoms with Gasteiger partial charge in [-0.25, -0.2) is 9.97 Å². The van der Waals surface area contributed by atoms with Gasteiger partial charge in [-0.05, 0) is 74.9 Å². The van der Waals surface area contributed by atoms with Crippen LogP contribution in [0.4, 0.5) is 5.69 Å². The van der Waals surface area contributed by atoms with E-state index in [1.54, 1.807) is 11.8 Å². The summed E-state index contributed by atoms with van der Waals surface area (Å²) in [6, 6.07) is 53.4. The predicted octanol–water partition coefficient (Wildman–Crippen LogP) is 14.7. The average molecular weight is 778 g/mol. The van der Waals surface area contributed by atoms with Crippen molar-refractivity contribution in [1.82, 2.24) is 9.97 Å². The van der Waals surface area contributed by atoms with Gasteiger partial charge in [0.25, 0.3) is 0 Å². The molecule has 3 heterocycles. The minimum absolute atomic E-state index is 0.165. The maximum atomic E-state index is 5.17. The van der Waals surface area contributed by atoms with E-state index >= 15 is 0 Å². The number of nitrogens with zero attached hydrogens (tertiary/aromatic N) is 2. The standard InChI is InChI=1S/C55H43N3S/c1-2-40(45-29-15-31-51-49(45)30-16-35-56-51)24-13-17-39-18-14-25-41-19-9-10-26-46(41)47-27-11-12-28-48(47)50-33-32-44(37-54(50)59-36-34-39)53-38-52(42-20-5-3-6-21-42)57-55(58-53)43-22-7-4-8-23-43/h2-17,19-34,36-39,56H,1,18,35H2/b17-13+,25-14+,36-34+,40-24+. The Labute approximate surface area is 351 Å². The largest absolute Gasteiger partial charge is 0.381 e. The molecule has 4 heteroatoms. The normalized spacial score (nSPS) is 15.9. The fraction of sp³-hybridized carbons (Fsp3) is 0.0545. The van der Waals surface area contributed by atoms with Crippen LogP contribution in [-0.4, -0.2) is 16.5 Å². The number of hydrogen-bond donors (Lipinski definition) is 1. The summed E-state index contributed by atoms with van der Waals surface area (Å²) >= 11 is 1.76. The lowest BCUT2D eigenvalue weighted by atomic mass is 9.91. The molecule has 0 fully saturated rings. The first-order chi connectivity index (χ1) is 29.2. The Morgan fingerprint density at radius 1 is 0.644 bits per heavy atom. The van der Waals surface area contributed by atoms with E-state index in [9.17, 15) is 0 Å². The molecule has 284 valence electrons. The topological polar surface area (TPSA) is 37.8 Å². The Bertz CT molecular complexity index is 2730. The van der Waals surface area contributed by atoms with Gasteiger partial charge in [0.1, 0.15) is 0 Å². The summed E-state index contributed by atoms with van der Waals surface area (Å²) in [7, 11) is 0. The molecule has 1 unspecified atom stereocenters. The van der Waals surface area contributed by atoms with E-state index in [0.29, 0.717) is 5.82 Å². The first-order valence-corrected chi connectivity index (χ1v) is 21.0. The summed E-state index contributed by atoms with van der Waals surface area (Å²) in [6.45, 7) is 5.02.